The Morgan fingerprint density at radius 3 is 2.37 bits per heavy atom. The average molecular weight is 377 g/mol. The minimum Gasteiger partial charge on any atom is -0.480 e. The molecule has 0 saturated heterocycles. The third kappa shape index (κ3) is 5.68. The van der Waals surface area contributed by atoms with E-state index in [0.29, 0.717) is 18.7 Å². The van der Waals surface area contributed by atoms with Crippen LogP contribution in [0.5, 0.6) is 0 Å². The van der Waals surface area contributed by atoms with Crippen LogP contribution in [0.15, 0.2) is 24.3 Å². The number of carboxylic acids is 1. The highest BCUT2D eigenvalue weighted by Gasteiger charge is 2.35. The molecule has 2 N–H and O–H groups in total. The van der Waals surface area contributed by atoms with Crippen molar-refractivity contribution in [3.05, 3.63) is 35.4 Å². The van der Waals surface area contributed by atoms with E-state index < -0.39 is 11.9 Å². The number of methoxy groups -OCH3 is 1. The van der Waals surface area contributed by atoms with Crippen molar-refractivity contribution >= 4 is 18.0 Å². The standard InChI is InChI=1S/C19H27N3O5/c1-4-22(12-17(23)24)16-9-15(10-16)20-19(26)21(2)11-13-5-7-14(8-6-13)18(25)27-3/h5-8,15-16H,4,9-12H2,1-3H3,(H,20,26)(H,23,24). The molecular weight excluding hydrogens is 350 g/mol. The Hall–Kier alpha value is -2.61. The van der Waals surface area contributed by atoms with Crippen LogP contribution in [0.3, 0.4) is 0 Å². The van der Waals surface area contributed by atoms with Crippen LogP contribution in [0, 0.1) is 0 Å². The second-order valence-corrected chi connectivity index (χ2v) is 6.77. The fraction of sp³-hybridized carbons (Fsp3) is 0.526. The molecular formula is C19H27N3O5. The van der Waals surface area contributed by atoms with Crippen LogP contribution in [0.25, 0.3) is 0 Å². The van der Waals surface area contributed by atoms with Crippen LogP contribution in [0.4, 0.5) is 4.79 Å². The second-order valence-electron chi connectivity index (χ2n) is 6.77. The van der Waals surface area contributed by atoms with Crippen LogP contribution in [-0.4, -0.2) is 72.2 Å². The summed E-state index contributed by atoms with van der Waals surface area (Å²) in [7, 11) is 3.04. The monoisotopic (exact) mass is 377 g/mol. The zero-order valence-corrected chi connectivity index (χ0v) is 16.0. The number of carbonyl (C=O) groups is 3. The van der Waals surface area contributed by atoms with Crippen molar-refractivity contribution in [3.63, 3.8) is 0 Å². The number of benzene rings is 1. The number of aliphatic carboxylic acids is 1. The lowest BCUT2D eigenvalue weighted by Gasteiger charge is -2.42. The second kappa shape index (κ2) is 9.36. The molecule has 1 aromatic rings. The molecule has 1 aliphatic carbocycles. The van der Waals surface area contributed by atoms with Crippen LogP contribution < -0.4 is 5.32 Å². The first-order valence-corrected chi connectivity index (χ1v) is 8.98. The van der Waals surface area contributed by atoms with E-state index in [9.17, 15) is 14.4 Å². The SMILES string of the molecule is CCN(CC(=O)O)C1CC(NC(=O)N(C)Cc2ccc(C(=O)OC)cc2)C1. The van der Waals surface area contributed by atoms with Gasteiger partial charge in [-0.15, -0.1) is 0 Å². The van der Waals surface area contributed by atoms with Crippen molar-refractivity contribution in [2.75, 3.05) is 27.2 Å². The van der Waals surface area contributed by atoms with E-state index in [-0.39, 0.29) is 24.7 Å². The molecule has 0 radical (unpaired) electrons. The lowest BCUT2D eigenvalue weighted by atomic mass is 9.85. The lowest BCUT2D eigenvalue weighted by molar-refractivity contribution is -0.139. The molecule has 8 heteroatoms. The van der Waals surface area contributed by atoms with Gasteiger partial charge in [-0.05, 0) is 37.1 Å². The molecule has 1 fully saturated rings. The molecule has 0 atom stereocenters. The van der Waals surface area contributed by atoms with Gasteiger partial charge in [0.25, 0.3) is 0 Å². The number of amides is 2. The van der Waals surface area contributed by atoms with E-state index >= 15 is 0 Å². The molecule has 0 bridgehead atoms. The number of nitrogens with one attached hydrogen (secondary N) is 1. The minimum absolute atomic E-state index is 0.0311. The fourth-order valence-electron chi connectivity index (χ4n) is 3.17. The Balaban J connectivity index is 1.78. The number of carbonyl (C=O) groups excluding carboxylic acids is 2. The van der Waals surface area contributed by atoms with Gasteiger partial charge < -0.3 is 20.1 Å². The maximum absolute atomic E-state index is 12.3. The largest absolute Gasteiger partial charge is 0.480 e. The molecule has 27 heavy (non-hydrogen) atoms. The van der Waals surface area contributed by atoms with Gasteiger partial charge in [0.15, 0.2) is 0 Å². The summed E-state index contributed by atoms with van der Waals surface area (Å²) in [5.41, 5.74) is 1.38. The number of likely N-dealkylation sites (N-methyl/N-ethyl adjacent to an activating group) is 1. The summed E-state index contributed by atoms with van der Waals surface area (Å²) in [5.74, 6) is -1.22. The Kier molecular flexibility index (Phi) is 7.18. The predicted octanol–water partition coefficient (Wildman–Crippen LogP) is 1.55. The molecule has 0 spiro atoms. The normalized spacial score (nSPS) is 18.5. The Labute approximate surface area is 159 Å². The number of nitrogens with zero attached hydrogens (tertiary/aromatic N) is 2. The molecule has 0 aliphatic heterocycles. The van der Waals surface area contributed by atoms with Crippen molar-refractivity contribution in [1.82, 2.24) is 15.1 Å². The zero-order chi connectivity index (χ0) is 20.0. The Bertz CT molecular complexity index is 670. The smallest absolute Gasteiger partial charge is 0.337 e. The number of urea groups is 1. The quantitative estimate of drug-likeness (QED) is 0.667. The van der Waals surface area contributed by atoms with Crippen LogP contribution in [0.1, 0.15) is 35.7 Å². The van der Waals surface area contributed by atoms with Crippen molar-refractivity contribution in [2.45, 2.75) is 38.4 Å². The molecule has 1 saturated carbocycles. The van der Waals surface area contributed by atoms with Gasteiger partial charge in [0.2, 0.25) is 0 Å². The number of esters is 1. The summed E-state index contributed by atoms with van der Waals surface area (Å²) in [4.78, 5) is 38.1. The van der Waals surface area contributed by atoms with Crippen LogP contribution >= 0.6 is 0 Å². The van der Waals surface area contributed by atoms with Gasteiger partial charge in [0.1, 0.15) is 0 Å². The molecule has 0 heterocycles. The van der Waals surface area contributed by atoms with Crippen LogP contribution in [0.2, 0.25) is 0 Å². The van der Waals surface area contributed by atoms with Gasteiger partial charge >= 0.3 is 18.0 Å². The summed E-state index contributed by atoms with van der Waals surface area (Å²) < 4.78 is 4.66. The number of hydrogen-bond donors (Lipinski definition) is 2. The van der Waals surface area contributed by atoms with Crippen molar-refractivity contribution < 1.29 is 24.2 Å². The number of rotatable bonds is 8. The van der Waals surface area contributed by atoms with Gasteiger partial charge in [-0.3, -0.25) is 9.69 Å². The van der Waals surface area contributed by atoms with E-state index in [0.717, 1.165) is 18.4 Å². The first kappa shape index (κ1) is 20.7. The highest BCUT2D eigenvalue weighted by Crippen LogP contribution is 2.25. The van der Waals surface area contributed by atoms with Crippen molar-refractivity contribution in [2.24, 2.45) is 0 Å². The summed E-state index contributed by atoms with van der Waals surface area (Å²) in [5, 5.41) is 11.9. The summed E-state index contributed by atoms with van der Waals surface area (Å²) >= 11 is 0. The van der Waals surface area contributed by atoms with Crippen molar-refractivity contribution in [1.29, 1.82) is 0 Å². The number of carboxylic acid groups (broad SMARTS) is 1. The molecule has 2 amide bonds. The van der Waals surface area contributed by atoms with E-state index in [2.05, 4.69) is 10.1 Å². The highest BCUT2D eigenvalue weighted by atomic mass is 16.5. The van der Waals surface area contributed by atoms with Crippen molar-refractivity contribution in [3.8, 4) is 0 Å². The van der Waals surface area contributed by atoms with E-state index in [1.807, 2.05) is 11.8 Å². The third-order valence-electron chi connectivity index (χ3n) is 4.84. The predicted molar refractivity (Wildman–Crippen MR) is 99.5 cm³/mol. The maximum Gasteiger partial charge on any atom is 0.337 e. The summed E-state index contributed by atoms with van der Waals surface area (Å²) in [6, 6.07) is 7.02. The van der Waals surface area contributed by atoms with Gasteiger partial charge in [-0.1, -0.05) is 19.1 Å². The van der Waals surface area contributed by atoms with Gasteiger partial charge in [0, 0.05) is 25.7 Å². The van der Waals surface area contributed by atoms with E-state index in [1.54, 1.807) is 36.2 Å². The first-order valence-electron chi connectivity index (χ1n) is 8.98. The molecule has 2 rings (SSSR count). The topological polar surface area (TPSA) is 99.2 Å². The molecule has 1 aromatic carbocycles. The lowest BCUT2D eigenvalue weighted by Crippen LogP contribution is -2.56. The van der Waals surface area contributed by atoms with Gasteiger partial charge in [-0.2, -0.15) is 0 Å². The molecule has 0 aromatic heterocycles. The first-order chi connectivity index (χ1) is 12.8. The molecule has 1 aliphatic rings. The fourth-order valence-corrected chi connectivity index (χ4v) is 3.17. The van der Waals surface area contributed by atoms with Crippen LogP contribution in [-0.2, 0) is 16.1 Å². The Morgan fingerprint density at radius 1 is 1.22 bits per heavy atom. The molecule has 148 valence electrons. The van der Waals surface area contributed by atoms with Gasteiger partial charge in [0.05, 0.1) is 19.2 Å². The summed E-state index contributed by atoms with van der Waals surface area (Å²) in [6.45, 7) is 3.07. The van der Waals surface area contributed by atoms with E-state index in [4.69, 9.17) is 5.11 Å². The number of hydrogen-bond acceptors (Lipinski definition) is 5. The van der Waals surface area contributed by atoms with Gasteiger partial charge in [-0.25, -0.2) is 9.59 Å². The van der Waals surface area contributed by atoms with E-state index in [1.165, 1.54) is 7.11 Å². The molecule has 0 unspecified atom stereocenters. The zero-order valence-electron chi connectivity index (χ0n) is 16.0. The Morgan fingerprint density at radius 2 is 1.85 bits per heavy atom. The number of ether oxygens (including phenoxy) is 1. The maximum atomic E-state index is 12.3. The summed E-state index contributed by atoms with van der Waals surface area (Å²) in [6.07, 6.45) is 1.52. The third-order valence-corrected chi connectivity index (χ3v) is 4.84. The highest BCUT2D eigenvalue weighted by molar-refractivity contribution is 5.89. The molecule has 8 nitrogen and oxygen atoms in total. The average Bonchev–Trinajstić information content (AvgIpc) is 2.62. The minimum atomic E-state index is -0.831.